The van der Waals surface area contributed by atoms with Gasteiger partial charge in [0, 0.05) is 5.56 Å². The number of nitrogens with zero attached hydrogens (tertiary/aromatic N) is 1. The van der Waals surface area contributed by atoms with Gasteiger partial charge in [-0.05, 0) is 20.0 Å². The van der Waals surface area contributed by atoms with E-state index in [4.69, 9.17) is 6.85 Å². The van der Waals surface area contributed by atoms with Crippen molar-refractivity contribution in [2.45, 2.75) is 26.8 Å². The van der Waals surface area contributed by atoms with Gasteiger partial charge in [-0.25, -0.2) is 0 Å². The Labute approximate surface area is 98.9 Å². The minimum Gasteiger partial charge on any atom is -0.294 e. The molecule has 1 rings (SSSR count). The zero-order valence-corrected chi connectivity index (χ0v) is 9.35. The maximum Gasteiger partial charge on any atom is 0.179 e. The summed E-state index contributed by atoms with van der Waals surface area (Å²) in [4.78, 5) is 14.3. The summed E-state index contributed by atoms with van der Waals surface area (Å²) in [5.74, 6) is -0.439. The number of carbonyl (C=O) groups is 1. The Hall–Kier alpha value is -1.15. The molecule has 0 amide bonds. The molecule has 0 N–H and O–H groups in total. The Balaban J connectivity index is 3.37. The number of ketones is 1. The lowest BCUT2D eigenvalue weighted by Crippen LogP contribution is -2.38. The molecule has 0 aromatic heterocycles. The first-order valence-corrected chi connectivity index (χ1v) is 5.13. The highest BCUT2D eigenvalue weighted by Crippen LogP contribution is 2.08. The summed E-state index contributed by atoms with van der Waals surface area (Å²) in [5.41, 5.74) is -0.226. The zero-order chi connectivity index (χ0) is 15.6. The van der Waals surface area contributed by atoms with Crippen molar-refractivity contribution in [1.82, 2.24) is 4.90 Å². The van der Waals surface area contributed by atoms with E-state index in [2.05, 4.69) is 0 Å². The van der Waals surface area contributed by atoms with Crippen molar-refractivity contribution in [3.63, 3.8) is 0 Å². The van der Waals surface area contributed by atoms with Crippen LogP contribution in [0.3, 0.4) is 0 Å². The van der Waals surface area contributed by atoms with E-state index in [-0.39, 0.29) is 5.56 Å². The number of rotatable bonds is 5. The molecule has 0 spiro atoms. The van der Waals surface area contributed by atoms with Gasteiger partial charge in [0.05, 0.1) is 12.9 Å². The molecule has 0 saturated heterocycles. The summed E-state index contributed by atoms with van der Waals surface area (Å²) in [6.07, 6.45) is 0. The van der Waals surface area contributed by atoms with Crippen LogP contribution in [-0.4, -0.2) is 29.8 Å². The molecule has 0 heterocycles. The van der Waals surface area contributed by atoms with E-state index in [9.17, 15) is 4.79 Å². The number of likely N-dealkylation sites (N-methyl/N-ethyl adjacent to an activating group) is 1. The lowest BCUT2D eigenvalue weighted by atomic mass is 10.0. The molecular formula is C13H19NO. The van der Waals surface area contributed by atoms with Crippen LogP contribution in [0.25, 0.3) is 0 Å². The van der Waals surface area contributed by atoms with Gasteiger partial charge >= 0.3 is 0 Å². The normalized spacial score (nSPS) is 17.5. The molecular weight excluding hydrogens is 186 g/mol. The molecule has 15 heavy (non-hydrogen) atoms. The third kappa shape index (κ3) is 2.90. The predicted octanol–water partition coefficient (Wildman–Crippen LogP) is 2.60. The Morgan fingerprint density at radius 2 is 1.87 bits per heavy atom. The number of carbonyl (C=O) groups excluding carboxylic acids is 1. The maximum atomic E-state index is 12.5. The van der Waals surface area contributed by atoms with Crippen molar-refractivity contribution in [3.05, 3.63) is 35.8 Å². The Bertz CT molecular complexity index is 499. The smallest absolute Gasteiger partial charge is 0.179 e. The molecule has 0 saturated carbocycles. The van der Waals surface area contributed by atoms with E-state index in [1.165, 1.54) is 0 Å². The van der Waals surface area contributed by atoms with Crippen LogP contribution in [0.15, 0.2) is 30.2 Å². The lowest BCUT2D eigenvalue weighted by molar-refractivity contribution is 0.0851. The van der Waals surface area contributed by atoms with Crippen LogP contribution in [0.1, 0.15) is 38.0 Å². The fraction of sp³-hybridized carbons (Fsp3) is 0.462. The quantitative estimate of drug-likeness (QED) is 0.696. The molecule has 1 atom stereocenters. The predicted molar refractivity (Wildman–Crippen MR) is 63.2 cm³/mol. The Kier molecular flexibility index (Phi) is 2.43. The fourth-order valence-corrected chi connectivity index (χ4v) is 1.52. The van der Waals surface area contributed by atoms with Gasteiger partial charge in [0.2, 0.25) is 0 Å². The zero-order valence-electron chi connectivity index (χ0n) is 14.3. The summed E-state index contributed by atoms with van der Waals surface area (Å²) in [6, 6.07) is -2.80. The average Bonchev–Trinajstić information content (AvgIpc) is 2.44. The van der Waals surface area contributed by atoms with Gasteiger partial charge in [0.25, 0.3) is 0 Å². The highest BCUT2D eigenvalue weighted by molar-refractivity contribution is 5.99. The second-order valence-electron chi connectivity index (χ2n) is 3.26. The molecule has 0 fully saturated rings. The summed E-state index contributed by atoms with van der Waals surface area (Å²) < 4.78 is 38.3. The standard InChI is InChI=1S/C13H19NO/c1-4-14(5-2)11(3)13(15)12-9-7-6-8-10-12/h6-11H,4-5H2,1-3H3/i6D,7D,8D,9D,10D. The molecule has 0 aliphatic carbocycles. The molecule has 2 heteroatoms. The van der Waals surface area contributed by atoms with E-state index >= 15 is 0 Å². The van der Waals surface area contributed by atoms with Crippen molar-refractivity contribution >= 4 is 5.78 Å². The van der Waals surface area contributed by atoms with Gasteiger partial charge in [-0.3, -0.25) is 9.69 Å². The van der Waals surface area contributed by atoms with Gasteiger partial charge in [-0.1, -0.05) is 44.1 Å². The van der Waals surface area contributed by atoms with E-state index in [1.807, 2.05) is 18.7 Å². The monoisotopic (exact) mass is 210 g/mol. The first-order valence-electron chi connectivity index (χ1n) is 7.63. The van der Waals surface area contributed by atoms with E-state index in [1.54, 1.807) is 6.92 Å². The van der Waals surface area contributed by atoms with Crippen LogP contribution in [0, 0.1) is 0 Å². The summed E-state index contributed by atoms with van der Waals surface area (Å²) in [5, 5.41) is 0. The molecule has 82 valence electrons. The number of Topliss-reactive ketones (excluding diaryl/α,β-unsaturated/α-hetero) is 1. The SMILES string of the molecule is [2H]c1c([2H])c([2H])c(C(=O)C(C)N(CC)CC)c([2H])c1[2H]. The van der Waals surface area contributed by atoms with Crippen LogP contribution in [0.5, 0.6) is 0 Å². The molecule has 0 aliphatic rings. The van der Waals surface area contributed by atoms with Crippen LogP contribution >= 0.6 is 0 Å². The fourth-order valence-electron chi connectivity index (χ4n) is 1.52. The molecule has 1 unspecified atom stereocenters. The van der Waals surface area contributed by atoms with Crippen molar-refractivity contribution in [2.75, 3.05) is 13.1 Å². The summed E-state index contributed by atoms with van der Waals surface area (Å²) >= 11 is 0. The topological polar surface area (TPSA) is 20.3 Å². The van der Waals surface area contributed by atoms with Crippen molar-refractivity contribution in [2.24, 2.45) is 0 Å². The molecule has 2 nitrogen and oxygen atoms in total. The Morgan fingerprint density at radius 3 is 2.33 bits per heavy atom. The molecule has 1 aromatic rings. The van der Waals surface area contributed by atoms with Crippen LogP contribution in [-0.2, 0) is 0 Å². The largest absolute Gasteiger partial charge is 0.294 e. The number of hydrogen-bond acceptors (Lipinski definition) is 2. The minimum absolute atomic E-state index is 0.226. The third-order valence-electron chi connectivity index (χ3n) is 2.49. The first kappa shape index (κ1) is 6.44. The average molecular weight is 210 g/mol. The molecule has 0 aliphatic heterocycles. The van der Waals surface area contributed by atoms with Crippen LogP contribution in [0.2, 0.25) is 0 Å². The van der Waals surface area contributed by atoms with Crippen LogP contribution in [0.4, 0.5) is 0 Å². The number of benzene rings is 1. The van der Waals surface area contributed by atoms with E-state index in [0.717, 1.165) is 0 Å². The van der Waals surface area contributed by atoms with Crippen LogP contribution < -0.4 is 0 Å². The minimum atomic E-state index is -0.520. The number of hydrogen-bond donors (Lipinski definition) is 0. The molecule has 0 radical (unpaired) electrons. The van der Waals surface area contributed by atoms with Crippen molar-refractivity contribution in [1.29, 1.82) is 0 Å². The lowest BCUT2D eigenvalue weighted by Gasteiger charge is -2.25. The van der Waals surface area contributed by atoms with Gasteiger partial charge in [-0.15, -0.1) is 0 Å². The van der Waals surface area contributed by atoms with E-state index < -0.39 is 42.0 Å². The Morgan fingerprint density at radius 1 is 1.33 bits per heavy atom. The highest BCUT2D eigenvalue weighted by atomic mass is 16.1. The second-order valence-corrected chi connectivity index (χ2v) is 3.26. The summed E-state index contributed by atoms with van der Waals surface area (Å²) in [6.45, 7) is 6.82. The molecule has 0 bridgehead atoms. The van der Waals surface area contributed by atoms with E-state index in [0.29, 0.717) is 13.1 Å². The maximum absolute atomic E-state index is 12.5. The van der Waals surface area contributed by atoms with Gasteiger partial charge in [0.15, 0.2) is 5.78 Å². The van der Waals surface area contributed by atoms with Gasteiger partial charge in [-0.2, -0.15) is 0 Å². The van der Waals surface area contributed by atoms with Gasteiger partial charge in [0.1, 0.15) is 0 Å². The summed E-state index contributed by atoms with van der Waals surface area (Å²) in [7, 11) is 0. The first-order chi connectivity index (χ1) is 9.27. The molecule has 1 aromatic carbocycles. The second kappa shape index (κ2) is 5.66. The highest BCUT2D eigenvalue weighted by Gasteiger charge is 2.19. The van der Waals surface area contributed by atoms with Crippen molar-refractivity contribution in [3.8, 4) is 0 Å². The third-order valence-corrected chi connectivity index (χ3v) is 2.49. The van der Waals surface area contributed by atoms with Crippen molar-refractivity contribution < 1.29 is 11.6 Å². The van der Waals surface area contributed by atoms with Gasteiger partial charge < -0.3 is 0 Å².